The molecule has 0 amide bonds. The molecule has 0 heterocycles. The van der Waals surface area contributed by atoms with Crippen LogP contribution >= 0.6 is 23.2 Å². The van der Waals surface area contributed by atoms with E-state index in [1.54, 1.807) is 6.07 Å². The van der Waals surface area contributed by atoms with Gasteiger partial charge in [-0.15, -0.1) is 0 Å². The number of esters is 2. The van der Waals surface area contributed by atoms with Gasteiger partial charge < -0.3 is 9.47 Å². The van der Waals surface area contributed by atoms with Gasteiger partial charge >= 0.3 is 11.9 Å². The Morgan fingerprint density at radius 3 is 2.42 bits per heavy atom. The van der Waals surface area contributed by atoms with Crippen LogP contribution < -0.4 is 0 Å². The molecular weight excluding hydrogens is 293 g/mol. The van der Waals surface area contributed by atoms with Crippen LogP contribution in [0.25, 0.3) is 0 Å². The molecule has 102 valence electrons. The first-order chi connectivity index (χ1) is 8.97. The van der Waals surface area contributed by atoms with E-state index >= 15 is 0 Å². The Labute approximate surface area is 120 Å². The molecule has 19 heavy (non-hydrogen) atoms. The number of nitrogens with zero attached hydrogens (tertiary/aromatic N) is 1. The number of halogens is 2. The third kappa shape index (κ3) is 4.54. The SMILES string of the molecule is COC(=O)CC(=Nc1ccc(Cl)cc1Cl)C(=O)OC. The Hall–Kier alpha value is -1.59. The maximum absolute atomic E-state index is 11.5. The van der Waals surface area contributed by atoms with E-state index in [9.17, 15) is 9.59 Å². The van der Waals surface area contributed by atoms with Crippen LogP contribution in [-0.2, 0) is 19.1 Å². The molecule has 0 N–H and O–H groups in total. The van der Waals surface area contributed by atoms with Crippen molar-refractivity contribution in [1.29, 1.82) is 0 Å². The molecule has 0 aromatic heterocycles. The Morgan fingerprint density at radius 2 is 1.89 bits per heavy atom. The minimum atomic E-state index is -0.726. The van der Waals surface area contributed by atoms with Crippen molar-refractivity contribution in [3.8, 4) is 0 Å². The van der Waals surface area contributed by atoms with Gasteiger partial charge in [-0.25, -0.2) is 9.79 Å². The van der Waals surface area contributed by atoms with Crippen LogP contribution in [0.5, 0.6) is 0 Å². The van der Waals surface area contributed by atoms with Gasteiger partial charge in [-0.2, -0.15) is 0 Å². The zero-order chi connectivity index (χ0) is 14.4. The van der Waals surface area contributed by atoms with Crippen LogP contribution in [0.4, 0.5) is 5.69 Å². The molecule has 0 aliphatic heterocycles. The largest absolute Gasteiger partial charge is 0.469 e. The van der Waals surface area contributed by atoms with Gasteiger partial charge in [-0.1, -0.05) is 23.2 Å². The second kappa shape index (κ2) is 7.11. The molecule has 1 aromatic rings. The molecule has 1 rings (SSSR count). The van der Waals surface area contributed by atoms with E-state index in [1.807, 2.05) is 0 Å². The molecule has 0 atom stereocenters. The summed E-state index contributed by atoms with van der Waals surface area (Å²) < 4.78 is 9.03. The molecule has 1 aromatic carbocycles. The van der Waals surface area contributed by atoms with E-state index < -0.39 is 11.9 Å². The number of methoxy groups -OCH3 is 2. The number of benzene rings is 1. The first-order valence-corrected chi connectivity index (χ1v) is 5.91. The highest BCUT2D eigenvalue weighted by Crippen LogP contribution is 2.28. The fourth-order valence-corrected chi connectivity index (χ4v) is 1.65. The number of carbonyl (C=O) groups excluding carboxylic acids is 2. The number of ether oxygens (including phenoxy) is 2. The fourth-order valence-electron chi connectivity index (χ4n) is 1.20. The highest BCUT2D eigenvalue weighted by molar-refractivity contribution is 6.41. The van der Waals surface area contributed by atoms with Crippen molar-refractivity contribution in [3.63, 3.8) is 0 Å². The average Bonchev–Trinajstić information content (AvgIpc) is 2.39. The zero-order valence-corrected chi connectivity index (χ0v) is 11.8. The summed E-state index contributed by atoms with van der Waals surface area (Å²) in [7, 11) is 2.41. The summed E-state index contributed by atoms with van der Waals surface area (Å²) in [5.41, 5.74) is 0.217. The average molecular weight is 304 g/mol. The lowest BCUT2D eigenvalue weighted by Gasteiger charge is -2.05. The van der Waals surface area contributed by atoms with Crippen LogP contribution in [-0.4, -0.2) is 31.9 Å². The first-order valence-electron chi connectivity index (χ1n) is 5.15. The Kier molecular flexibility index (Phi) is 5.79. The lowest BCUT2D eigenvalue weighted by molar-refractivity contribution is -0.140. The van der Waals surface area contributed by atoms with Crippen LogP contribution in [0, 0.1) is 0 Å². The van der Waals surface area contributed by atoms with Gasteiger partial charge in [0.15, 0.2) is 0 Å². The minimum absolute atomic E-state index is 0.0985. The van der Waals surface area contributed by atoms with Crippen molar-refractivity contribution in [3.05, 3.63) is 28.2 Å². The summed E-state index contributed by atoms with van der Waals surface area (Å²) in [6.45, 7) is 0. The molecule has 0 bridgehead atoms. The van der Waals surface area contributed by atoms with Gasteiger partial charge in [0.2, 0.25) is 0 Å². The first kappa shape index (κ1) is 15.5. The molecule has 0 spiro atoms. The monoisotopic (exact) mass is 303 g/mol. The standard InChI is InChI=1S/C12H11Cl2NO4/c1-18-11(16)6-10(12(17)19-2)15-9-4-3-7(13)5-8(9)14/h3-5H,6H2,1-2H3. The van der Waals surface area contributed by atoms with E-state index in [4.69, 9.17) is 23.2 Å². The van der Waals surface area contributed by atoms with E-state index in [2.05, 4.69) is 14.5 Å². The molecule has 7 heteroatoms. The van der Waals surface area contributed by atoms with Gasteiger partial charge in [0.25, 0.3) is 0 Å². The number of aliphatic imine (C=N–C) groups is 1. The molecule has 0 saturated heterocycles. The van der Waals surface area contributed by atoms with Crippen molar-refractivity contribution >= 4 is 46.5 Å². The lowest BCUT2D eigenvalue weighted by atomic mass is 10.2. The van der Waals surface area contributed by atoms with Crippen LogP contribution in [0.15, 0.2) is 23.2 Å². The van der Waals surface area contributed by atoms with Crippen molar-refractivity contribution in [1.82, 2.24) is 0 Å². The van der Waals surface area contributed by atoms with Gasteiger partial charge in [0, 0.05) is 5.02 Å². The molecule has 0 unspecified atom stereocenters. The highest BCUT2D eigenvalue weighted by Gasteiger charge is 2.17. The molecule has 0 saturated carbocycles. The predicted molar refractivity (Wildman–Crippen MR) is 72.2 cm³/mol. The molecule has 0 fully saturated rings. The van der Waals surface area contributed by atoms with Gasteiger partial charge in [-0.05, 0) is 18.2 Å². The lowest BCUT2D eigenvalue weighted by Crippen LogP contribution is -2.20. The Bertz CT molecular complexity index is 528. The Balaban J connectivity index is 3.11. The predicted octanol–water partition coefficient (Wildman–Crippen LogP) is 2.80. The maximum Gasteiger partial charge on any atom is 0.353 e. The third-order valence-corrected chi connectivity index (χ3v) is 2.66. The molecule has 0 radical (unpaired) electrons. The smallest absolute Gasteiger partial charge is 0.353 e. The third-order valence-electron chi connectivity index (χ3n) is 2.13. The number of carbonyl (C=O) groups is 2. The van der Waals surface area contributed by atoms with Crippen molar-refractivity contribution in [2.24, 2.45) is 4.99 Å². The van der Waals surface area contributed by atoms with Crippen molar-refractivity contribution < 1.29 is 19.1 Å². The van der Waals surface area contributed by atoms with Crippen LogP contribution in [0.3, 0.4) is 0 Å². The van der Waals surface area contributed by atoms with E-state index in [1.165, 1.54) is 26.4 Å². The fraction of sp³-hybridized carbons (Fsp3) is 0.250. The summed E-state index contributed by atoms with van der Waals surface area (Å²) in [5.74, 6) is -1.33. The zero-order valence-electron chi connectivity index (χ0n) is 10.3. The second-order valence-corrected chi connectivity index (χ2v) is 4.24. The quantitative estimate of drug-likeness (QED) is 0.634. The van der Waals surface area contributed by atoms with E-state index in [0.717, 1.165) is 0 Å². The molecule has 5 nitrogen and oxygen atoms in total. The Morgan fingerprint density at radius 1 is 1.21 bits per heavy atom. The number of hydrogen-bond donors (Lipinski definition) is 0. The number of hydrogen-bond acceptors (Lipinski definition) is 5. The van der Waals surface area contributed by atoms with Crippen LogP contribution in [0.2, 0.25) is 10.0 Å². The summed E-state index contributed by atoms with van der Waals surface area (Å²) >= 11 is 11.7. The van der Waals surface area contributed by atoms with Gasteiger partial charge in [-0.3, -0.25) is 4.79 Å². The summed E-state index contributed by atoms with van der Waals surface area (Å²) in [6, 6.07) is 4.58. The molecule has 0 aliphatic carbocycles. The summed E-state index contributed by atoms with van der Waals surface area (Å²) in [6.07, 6.45) is -0.303. The minimum Gasteiger partial charge on any atom is -0.469 e. The second-order valence-electron chi connectivity index (χ2n) is 3.40. The molecular formula is C12H11Cl2NO4. The van der Waals surface area contributed by atoms with E-state index in [0.29, 0.717) is 10.7 Å². The summed E-state index contributed by atoms with van der Waals surface area (Å²) in [5, 5.41) is 0.704. The number of rotatable bonds is 4. The highest BCUT2D eigenvalue weighted by atomic mass is 35.5. The van der Waals surface area contributed by atoms with Gasteiger partial charge in [0.1, 0.15) is 5.71 Å². The normalized spacial score (nSPS) is 11.1. The van der Waals surface area contributed by atoms with Crippen LogP contribution in [0.1, 0.15) is 6.42 Å². The van der Waals surface area contributed by atoms with E-state index in [-0.39, 0.29) is 17.2 Å². The summed E-state index contributed by atoms with van der Waals surface area (Å²) in [4.78, 5) is 26.7. The topological polar surface area (TPSA) is 65.0 Å². The van der Waals surface area contributed by atoms with Gasteiger partial charge in [0.05, 0.1) is 31.4 Å². The van der Waals surface area contributed by atoms with Crippen molar-refractivity contribution in [2.45, 2.75) is 6.42 Å². The van der Waals surface area contributed by atoms with Crippen molar-refractivity contribution in [2.75, 3.05) is 14.2 Å². The maximum atomic E-state index is 11.5. The molecule has 0 aliphatic rings.